The monoisotopic (exact) mass is 331 g/mol. The fourth-order valence-corrected chi connectivity index (χ4v) is 3.09. The zero-order valence-corrected chi connectivity index (χ0v) is 13.9. The van der Waals surface area contributed by atoms with Gasteiger partial charge in [-0.2, -0.15) is 0 Å². The molecule has 1 unspecified atom stereocenters. The minimum atomic E-state index is -0.0701. The lowest BCUT2D eigenvalue weighted by atomic mass is 9.95. The smallest absolute Gasteiger partial charge is 0.0552 e. The Hall–Kier alpha value is -1.12. The second-order valence-electron chi connectivity index (χ2n) is 5.88. The van der Waals surface area contributed by atoms with Crippen LogP contribution in [0.15, 0.2) is 46.9 Å². The first-order chi connectivity index (χ1) is 9.45. The van der Waals surface area contributed by atoms with Gasteiger partial charge in [0.15, 0.2) is 0 Å². The molecular formula is C18H22BrN. The first kappa shape index (κ1) is 15.3. The van der Waals surface area contributed by atoms with Crippen molar-refractivity contribution >= 4 is 15.9 Å². The Morgan fingerprint density at radius 2 is 1.65 bits per heavy atom. The highest BCUT2D eigenvalue weighted by Crippen LogP contribution is 2.24. The van der Waals surface area contributed by atoms with Crippen molar-refractivity contribution in [1.29, 1.82) is 0 Å². The van der Waals surface area contributed by atoms with E-state index in [0.717, 1.165) is 22.0 Å². The van der Waals surface area contributed by atoms with Crippen LogP contribution in [0.25, 0.3) is 0 Å². The van der Waals surface area contributed by atoms with Crippen molar-refractivity contribution in [2.75, 3.05) is 0 Å². The topological polar surface area (TPSA) is 26.0 Å². The largest absolute Gasteiger partial charge is 0.320 e. The van der Waals surface area contributed by atoms with E-state index in [-0.39, 0.29) is 6.04 Å². The van der Waals surface area contributed by atoms with Gasteiger partial charge in [-0.25, -0.2) is 0 Å². The Kier molecular flexibility index (Phi) is 5.00. The van der Waals surface area contributed by atoms with E-state index in [2.05, 4.69) is 79.2 Å². The van der Waals surface area contributed by atoms with Gasteiger partial charge in [0, 0.05) is 4.47 Å². The van der Waals surface area contributed by atoms with Gasteiger partial charge in [-0.05, 0) is 53.6 Å². The van der Waals surface area contributed by atoms with Crippen LogP contribution in [0.3, 0.4) is 0 Å². The summed E-state index contributed by atoms with van der Waals surface area (Å²) < 4.78 is 1.08. The number of nitrogens with two attached hydrogens (primary N) is 1. The zero-order chi connectivity index (χ0) is 14.7. The van der Waals surface area contributed by atoms with Gasteiger partial charge in [-0.3, -0.25) is 0 Å². The molecule has 2 aromatic rings. The van der Waals surface area contributed by atoms with Gasteiger partial charge in [0.1, 0.15) is 0 Å². The van der Waals surface area contributed by atoms with Crippen LogP contribution in [-0.2, 0) is 6.42 Å². The van der Waals surface area contributed by atoms with Crippen molar-refractivity contribution in [2.45, 2.75) is 33.2 Å². The maximum Gasteiger partial charge on any atom is 0.0552 e. The fraction of sp³-hybridized carbons (Fsp3) is 0.333. The fourth-order valence-electron chi connectivity index (χ4n) is 2.47. The van der Waals surface area contributed by atoms with Gasteiger partial charge in [0.2, 0.25) is 0 Å². The summed E-state index contributed by atoms with van der Waals surface area (Å²) in [6.45, 7) is 6.57. The number of aryl methyl sites for hydroxylation is 1. The van der Waals surface area contributed by atoms with Crippen molar-refractivity contribution in [3.05, 3.63) is 69.2 Å². The number of hydrogen-bond acceptors (Lipinski definition) is 1. The Bertz CT molecular complexity index is 552. The van der Waals surface area contributed by atoms with Crippen LogP contribution in [0.5, 0.6) is 0 Å². The lowest BCUT2D eigenvalue weighted by Gasteiger charge is -2.15. The van der Waals surface area contributed by atoms with Gasteiger partial charge in [0.25, 0.3) is 0 Å². The molecule has 0 spiro atoms. The molecule has 2 aromatic carbocycles. The number of hydrogen-bond donors (Lipinski definition) is 1. The molecule has 1 nitrogen and oxygen atoms in total. The minimum Gasteiger partial charge on any atom is -0.320 e. The van der Waals surface area contributed by atoms with Crippen LogP contribution in [0.2, 0.25) is 0 Å². The predicted octanol–water partition coefficient (Wildman–Crippen LogP) is 5.00. The van der Waals surface area contributed by atoms with Crippen LogP contribution in [0.4, 0.5) is 0 Å². The van der Waals surface area contributed by atoms with E-state index >= 15 is 0 Å². The van der Waals surface area contributed by atoms with E-state index in [0.29, 0.717) is 5.92 Å². The van der Waals surface area contributed by atoms with Crippen molar-refractivity contribution in [1.82, 2.24) is 0 Å². The first-order valence-corrected chi connectivity index (χ1v) is 7.86. The van der Waals surface area contributed by atoms with E-state index < -0.39 is 0 Å². The number of halogens is 1. The molecule has 2 heteroatoms. The molecule has 0 aliphatic rings. The maximum absolute atomic E-state index is 6.38. The Labute approximate surface area is 130 Å². The second-order valence-corrected chi connectivity index (χ2v) is 6.79. The molecule has 0 amide bonds. The summed E-state index contributed by atoms with van der Waals surface area (Å²) in [5.74, 6) is 0.683. The van der Waals surface area contributed by atoms with Gasteiger partial charge in [0.05, 0.1) is 6.04 Å². The highest BCUT2D eigenvalue weighted by atomic mass is 79.9. The van der Waals surface area contributed by atoms with Gasteiger partial charge >= 0.3 is 0 Å². The third-order valence-corrected chi connectivity index (χ3v) is 3.86. The van der Waals surface area contributed by atoms with Crippen molar-refractivity contribution in [2.24, 2.45) is 11.7 Å². The Morgan fingerprint density at radius 1 is 1.00 bits per heavy atom. The van der Waals surface area contributed by atoms with Crippen LogP contribution in [0, 0.1) is 12.8 Å². The van der Waals surface area contributed by atoms with Gasteiger partial charge < -0.3 is 5.73 Å². The van der Waals surface area contributed by atoms with Crippen LogP contribution < -0.4 is 5.73 Å². The van der Waals surface area contributed by atoms with Crippen molar-refractivity contribution in [3.63, 3.8) is 0 Å². The highest BCUT2D eigenvalue weighted by Gasteiger charge is 2.10. The maximum atomic E-state index is 6.38. The van der Waals surface area contributed by atoms with Crippen LogP contribution in [-0.4, -0.2) is 0 Å². The summed E-state index contributed by atoms with van der Waals surface area (Å²) in [7, 11) is 0. The molecule has 0 saturated heterocycles. The summed E-state index contributed by atoms with van der Waals surface area (Å²) in [6.07, 6.45) is 1.12. The Morgan fingerprint density at radius 3 is 2.20 bits per heavy atom. The molecule has 0 aromatic heterocycles. The summed E-state index contributed by atoms with van der Waals surface area (Å²) in [6, 6.07) is 15.0. The molecule has 0 radical (unpaired) electrons. The number of benzene rings is 2. The van der Waals surface area contributed by atoms with E-state index in [1.165, 1.54) is 11.1 Å². The molecule has 0 saturated carbocycles. The first-order valence-electron chi connectivity index (χ1n) is 7.07. The molecule has 0 fully saturated rings. The summed E-state index contributed by atoms with van der Waals surface area (Å²) in [5, 5.41) is 0. The average molecular weight is 332 g/mol. The summed E-state index contributed by atoms with van der Waals surface area (Å²) in [4.78, 5) is 0. The SMILES string of the molecule is Cc1cc(Br)cc(C(N)c2ccc(CC(C)C)cc2)c1. The summed E-state index contributed by atoms with van der Waals surface area (Å²) in [5.41, 5.74) is 11.3. The molecule has 20 heavy (non-hydrogen) atoms. The van der Waals surface area contributed by atoms with Gasteiger partial charge in [-0.15, -0.1) is 0 Å². The van der Waals surface area contributed by atoms with Gasteiger partial charge in [-0.1, -0.05) is 60.1 Å². The van der Waals surface area contributed by atoms with E-state index in [4.69, 9.17) is 5.73 Å². The molecule has 0 aliphatic carbocycles. The molecule has 0 aliphatic heterocycles. The molecule has 2 N–H and O–H groups in total. The quantitative estimate of drug-likeness (QED) is 0.837. The van der Waals surface area contributed by atoms with E-state index in [1.54, 1.807) is 0 Å². The standard InChI is InChI=1S/C18H22BrN/c1-12(2)8-14-4-6-15(7-5-14)18(20)16-9-13(3)10-17(19)11-16/h4-7,9-12,18H,8,20H2,1-3H3. The molecule has 106 valence electrons. The van der Waals surface area contributed by atoms with Crippen molar-refractivity contribution in [3.8, 4) is 0 Å². The number of rotatable bonds is 4. The third kappa shape index (κ3) is 3.94. The van der Waals surface area contributed by atoms with Crippen LogP contribution in [0.1, 0.15) is 42.1 Å². The molecule has 0 bridgehead atoms. The average Bonchev–Trinajstić information content (AvgIpc) is 2.37. The normalized spacial score (nSPS) is 12.7. The molecule has 0 heterocycles. The van der Waals surface area contributed by atoms with Crippen LogP contribution >= 0.6 is 15.9 Å². The van der Waals surface area contributed by atoms with Crippen molar-refractivity contribution < 1.29 is 0 Å². The lowest BCUT2D eigenvalue weighted by molar-refractivity contribution is 0.647. The minimum absolute atomic E-state index is 0.0701. The van der Waals surface area contributed by atoms with E-state index in [1.807, 2.05) is 0 Å². The lowest BCUT2D eigenvalue weighted by Crippen LogP contribution is -2.12. The second kappa shape index (κ2) is 6.55. The molecular weight excluding hydrogens is 310 g/mol. The summed E-state index contributed by atoms with van der Waals surface area (Å²) >= 11 is 3.54. The zero-order valence-electron chi connectivity index (χ0n) is 12.4. The third-order valence-electron chi connectivity index (χ3n) is 3.41. The Balaban J connectivity index is 2.22. The predicted molar refractivity (Wildman–Crippen MR) is 89.9 cm³/mol. The molecule has 1 atom stereocenters. The highest BCUT2D eigenvalue weighted by molar-refractivity contribution is 9.10. The molecule has 2 rings (SSSR count). The van der Waals surface area contributed by atoms with E-state index in [9.17, 15) is 0 Å².